The van der Waals surface area contributed by atoms with Gasteiger partial charge in [0.15, 0.2) is 0 Å². The van der Waals surface area contributed by atoms with Crippen LogP contribution in [0.4, 0.5) is 4.79 Å². The SMILES string of the molecule is CC(C)(O)c1csc([SH](N)(=O)NC(N)=O)c1. The number of rotatable bonds is 3. The van der Waals surface area contributed by atoms with Crippen molar-refractivity contribution in [2.45, 2.75) is 23.7 Å². The topological polar surface area (TPSA) is 118 Å². The molecule has 0 aliphatic carbocycles. The third-order valence-electron chi connectivity index (χ3n) is 1.90. The summed E-state index contributed by atoms with van der Waals surface area (Å²) >= 11 is 1.11. The molecule has 0 saturated heterocycles. The summed E-state index contributed by atoms with van der Waals surface area (Å²) in [7, 11) is -3.47. The molecule has 0 atom stereocenters. The fraction of sp³-hybridized carbons (Fsp3) is 0.375. The molecule has 0 spiro atoms. The van der Waals surface area contributed by atoms with Gasteiger partial charge in [0.25, 0.3) is 0 Å². The van der Waals surface area contributed by atoms with E-state index in [0.717, 1.165) is 11.3 Å². The van der Waals surface area contributed by atoms with Gasteiger partial charge in [-0.25, -0.2) is 9.00 Å². The van der Waals surface area contributed by atoms with E-state index in [4.69, 9.17) is 10.9 Å². The Balaban J connectivity index is 3.02. The van der Waals surface area contributed by atoms with E-state index in [-0.39, 0.29) is 0 Å². The van der Waals surface area contributed by atoms with Crippen LogP contribution in [0.5, 0.6) is 0 Å². The fourth-order valence-corrected chi connectivity index (χ4v) is 3.53. The molecule has 1 aromatic heterocycles. The lowest BCUT2D eigenvalue weighted by molar-refractivity contribution is 0.0789. The van der Waals surface area contributed by atoms with Crippen molar-refractivity contribution in [1.29, 1.82) is 0 Å². The van der Waals surface area contributed by atoms with Crippen molar-refractivity contribution < 1.29 is 14.1 Å². The maximum Gasteiger partial charge on any atom is 0.323 e. The van der Waals surface area contributed by atoms with Crippen molar-refractivity contribution in [3.8, 4) is 0 Å². The summed E-state index contributed by atoms with van der Waals surface area (Å²) in [6, 6.07) is 0.561. The second-order valence-electron chi connectivity index (χ2n) is 3.87. The molecule has 0 aromatic carbocycles. The minimum atomic E-state index is -3.47. The lowest BCUT2D eigenvalue weighted by Gasteiger charge is -2.18. The molecule has 0 unspecified atom stereocenters. The van der Waals surface area contributed by atoms with Crippen LogP contribution >= 0.6 is 11.3 Å². The van der Waals surface area contributed by atoms with Crippen LogP contribution in [0.3, 0.4) is 0 Å². The Morgan fingerprint density at radius 3 is 2.56 bits per heavy atom. The van der Waals surface area contributed by atoms with Crippen molar-refractivity contribution >= 4 is 27.7 Å². The molecule has 1 heterocycles. The summed E-state index contributed by atoms with van der Waals surface area (Å²) in [6.07, 6.45) is 0. The van der Waals surface area contributed by atoms with Crippen LogP contribution in [-0.4, -0.2) is 15.3 Å². The molecular formula is C8H15N3O3S2. The first-order valence-electron chi connectivity index (χ1n) is 4.41. The average molecular weight is 265 g/mol. The molecule has 92 valence electrons. The minimum absolute atomic E-state index is 0.295. The van der Waals surface area contributed by atoms with Crippen LogP contribution in [0, 0.1) is 0 Å². The van der Waals surface area contributed by atoms with Crippen molar-refractivity contribution in [1.82, 2.24) is 4.72 Å². The maximum absolute atomic E-state index is 11.9. The quantitative estimate of drug-likeness (QED) is 0.487. The van der Waals surface area contributed by atoms with Gasteiger partial charge in [-0.2, -0.15) is 0 Å². The average Bonchev–Trinajstić information content (AvgIpc) is 2.47. The molecule has 2 amide bonds. The predicted octanol–water partition coefficient (Wildman–Crippen LogP) is -0.192. The van der Waals surface area contributed by atoms with Gasteiger partial charge in [-0.1, -0.05) is 0 Å². The molecule has 0 fully saturated rings. The highest BCUT2D eigenvalue weighted by Gasteiger charge is 2.22. The summed E-state index contributed by atoms with van der Waals surface area (Å²) < 4.78 is 14.2. The molecule has 6 nitrogen and oxygen atoms in total. The van der Waals surface area contributed by atoms with Crippen LogP contribution < -0.4 is 15.6 Å². The highest BCUT2D eigenvalue weighted by molar-refractivity contribution is 8.01. The molecule has 0 aliphatic rings. The number of carbonyl (C=O) groups is 1. The van der Waals surface area contributed by atoms with E-state index in [2.05, 4.69) is 0 Å². The largest absolute Gasteiger partial charge is 0.386 e. The second-order valence-corrected chi connectivity index (χ2v) is 7.10. The highest BCUT2D eigenvalue weighted by atomic mass is 32.3. The van der Waals surface area contributed by atoms with Crippen molar-refractivity contribution in [2.24, 2.45) is 10.9 Å². The molecule has 6 N–H and O–H groups in total. The van der Waals surface area contributed by atoms with E-state index in [1.807, 2.05) is 4.72 Å². The molecule has 0 saturated carbocycles. The van der Waals surface area contributed by atoms with Crippen LogP contribution in [0.15, 0.2) is 15.7 Å². The van der Waals surface area contributed by atoms with Crippen molar-refractivity contribution in [2.75, 3.05) is 0 Å². The highest BCUT2D eigenvalue weighted by Crippen LogP contribution is 2.28. The van der Waals surface area contributed by atoms with Gasteiger partial charge in [0.2, 0.25) is 0 Å². The Kier molecular flexibility index (Phi) is 3.38. The number of nitrogens with one attached hydrogen (secondary N) is 1. The second kappa shape index (κ2) is 4.13. The van der Waals surface area contributed by atoms with E-state index < -0.39 is 21.9 Å². The first kappa shape index (κ1) is 13.1. The number of thiol groups is 1. The normalized spacial score (nSPS) is 13.5. The summed E-state index contributed by atoms with van der Waals surface area (Å²) in [6.45, 7) is 3.20. The van der Waals surface area contributed by atoms with E-state index in [9.17, 15) is 14.1 Å². The zero-order valence-corrected chi connectivity index (χ0v) is 10.6. The zero-order chi connectivity index (χ0) is 12.6. The van der Waals surface area contributed by atoms with Crippen molar-refractivity contribution in [3.05, 3.63) is 17.0 Å². The third kappa shape index (κ3) is 3.01. The number of primary amides is 1. The van der Waals surface area contributed by atoms with Gasteiger partial charge in [-0.15, -0.1) is 11.3 Å². The number of amides is 2. The van der Waals surface area contributed by atoms with Gasteiger partial charge in [-0.05, 0) is 30.9 Å². The molecular weight excluding hydrogens is 250 g/mol. The maximum atomic E-state index is 11.9. The predicted molar refractivity (Wildman–Crippen MR) is 64.3 cm³/mol. The Morgan fingerprint density at radius 2 is 2.19 bits per heavy atom. The van der Waals surface area contributed by atoms with Crippen LogP contribution in [0.25, 0.3) is 0 Å². The van der Waals surface area contributed by atoms with E-state index in [1.54, 1.807) is 19.2 Å². The summed E-state index contributed by atoms with van der Waals surface area (Å²) in [4.78, 5) is 10.6. The van der Waals surface area contributed by atoms with Gasteiger partial charge in [-0.3, -0.25) is 9.86 Å². The van der Waals surface area contributed by atoms with Gasteiger partial charge >= 0.3 is 6.03 Å². The van der Waals surface area contributed by atoms with Gasteiger partial charge in [0.1, 0.15) is 0 Å². The standard InChI is InChI=1S/C8H15N3O3S2/c1-8(2,13)5-3-6(15-4-5)16(10,14)11-7(9)12/h3-4,13,16H,1-2H3,(H5,9,10,11,12,14). The minimum Gasteiger partial charge on any atom is -0.386 e. The van der Waals surface area contributed by atoms with Crippen LogP contribution in [0.1, 0.15) is 19.4 Å². The number of carbonyl (C=O) groups excluding carboxylic acids is 1. The number of hydrogen-bond donors (Lipinski definition) is 5. The fourth-order valence-electron chi connectivity index (χ4n) is 1.04. The van der Waals surface area contributed by atoms with E-state index >= 15 is 0 Å². The lowest BCUT2D eigenvalue weighted by Crippen LogP contribution is -2.45. The first-order valence-corrected chi connectivity index (χ1v) is 7.07. The van der Waals surface area contributed by atoms with E-state index in [0.29, 0.717) is 9.77 Å². The van der Waals surface area contributed by atoms with Gasteiger partial charge < -0.3 is 10.8 Å². The summed E-state index contributed by atoms with van der Waals surface area (Å²) in [5.41, 5.74) is 4.41. The Bertz CT molecular complexity index is 450. The Hall–Kier alpha value is -0.960. The Labute approximate surface area is 98.3 Å². The number of urea groups is 1. The Morgan fingerprint density at radius 1 is 1.62 bits per heavy atom. The molecule has 8 heteroatoms. The molecule has 16 heavy (non-hydrogen) atoms. The monoisotopic (exact) mass is 265 g/mol. The smallest absolute Gasteiger partial charge is 0.323 e. The first-order chi connectivity index (χ1) is 7.13. The summed E-state index contributed by atoms with van der Waals surface area (Å²) in [5.74, 6) is 0. The number of nitrogens with two attached hydrogens (primary N) is 2. The molecule has 0 aliphatic heterocycles. The molecule has 0 bridgehead atoms. The lowest BCUT2D eigenvalue weighted by atomic mass is 10.0. The molecule has 0 radical (unpaired) electrons. The van der Waals surface area contributed by atoms with Gasteiger partial charge in [0, 0.05) is 10.3 Å². The molecule has 1 rings (SSSR count). The van der Waals surface area contributed by atoms with Crippen LogP contribution in [0.2, 0.25) is 0 Å². The summed E-state index contributed by atoms with van der Waals surface area (Å²) in [5, 5.41) is 16.8. The van der Waals surface area contributed by atoms with E-state index in [1.165, 1.54) is 6.07 Å². The zero-order valence-electron chi connectivity index (χ0n) is 8.93. The van der Waals surface area contributed by atoms with Crippen molar-refractivity contribution in [3.63, 3.8) is 0 Å². The third-order valence-corrected chi connectivity index (χ3v) is 5.09. The number of aliphatic hydroxyl groups is 1. The van der Waals surface area contributed by atoms with Gasteiger partial charge in [0.05, 0.1) is 9.81 Å². The van der Waals surface area contributed by atoms with Crippen LogP contribution in [-0.2, 0) is 15.9 Å². The molecule has 1 aromatic rings. The number of hydrogen-bond acceptors (Lipinski definition) is 4. The number of thiophene rings is 1.